The number of fused-ring (bicyclic) bond motifs is 1. The molecule has 1 saturated heterocycles. The number of primary amides is 1. The zero-order chi connectivity index (χ0) is 18.8. The number of aromatic amines is 1. The summed E-state index contributed by atoms with van der Waals surface area (Å²) in [6.07, 6.45) is 7.63. The van der Waals surface area contributed by atoms with E-state index in [0.29, 0.717) is 13.0 Å². The Morgan fingerprint density at radius 2 is 2.15 bits per heavy atom. The maximum absolute atomic E-state index is 12.9. The van der Waals surface area contributed by atoms with Gasteiger partial charge in [-0.3, -0.25) is 9.59 Å². The number of nitrogens with one attached hydrogen (secondary N) is 1. The van der Waals surface area contributed by atoms with Crippen molar-refractivity contribution in [3.05, 3.63) is 54.2 Å². The number of nitrogens with zero attached hydrogens (tertiary/aromatic N) is 3. The van der Waals surface area contributed by atoms with Crippen molar-refractivity contribution in [1.82, 2.24) is 19.4 Å². The standard InChI is InChI=1S/C20H23N5O2/c21-18(26)13-25-9-7-22-20(25)14-4-3-8-24(12-14)19(27)10-15-11-23-17-6-2-1-5-16(15)17/h1-2,5-7,9,11,14,23H,3-4,8,10,12-13H2,(H2,21,26)/t14-/m0/s1. The summed E-state index contributed by atoms with van der Waals surface area (Å²) >= 11 is 0. The Morgan fingerprint density at radius 1 is 1.30 bits per heavy atom. The lowest BCUT2D eigenvalue weighted by Crippen LogP contribution is -2.40. The number of likely N-dealkylation sites (tertiary alicyclic amines) is 1. The molecule has 0 aliphatic carbocycles. The Hall–Kier alpha value is -3.09. The first-order chi connectivity index (χ1) is 13.1. The third-order valence-electron chi connectivity index (χ3n) is 5.23. The highest BCUT2D eigenvalue weighted by Crippen LogP contribution is 2.27. The fourth-order valence-electron chi connectivity index (χ4n) is 3.95. The predicted octanol–water partition coefficient (Wildman–Crippen LogP) is 1.80. The average Bonchev–Trinajstić information content (AvgIpc) is 3.29. The number of rotatable bonds is 5. The van der Waals surface area contributed by atoms with Crippen LogP contribution in [-0.2, 0) is 22.6 Å². The third kappa shape index (κ3) is 3.58. The Balaban J connectivity index is 1.47. The van der Waals surface area contributed by atoms with Gasteiger partial charge in [-0.15, -0.1) is 0 Å². The van der Waals surface area contributed by atoms with Gasteiger partial charge in [-0.05, 0) is 24.5 Å². The Kier molecular flexibility index (Phi) is 4.66. The minimum atomic E-state index is -0.391. The summed E-state index contributed by atoms with van der Waals surface area (Å²) in [6, 6.07) is 8.01. The lowest BCUT2D eigenvalue weighted by molar-refractivity contribution is -0.131. The largest absolute Gasteiger partial charge is 0.368 e. The molecule has 3 aromatic rings. The number of H-pyrrole nitrogens is 1. The Labute approximate surface area is 157 Å². The summed E-state index contributed by atoms with van der Waals surface area (Å²) in [5.74, 6) is 0.688. The second-order valence-electron chi connectivity index (χ2n) is 7.09. The quantitative estimate of drug-likeness (QED) is 0.721. The number of hydrogen-bond acceptors (Lipinski definition) is 3. The second kappa shape index (κ2) is 7.26. The molecule has 7 heteroatoms. The van der Waals surface area contributed by atoms with E-state index < -0.39 is 5.91 Å². The van der Waals surface area contributed by atoms with Gasteiger partial charge in [0.15, 0.2) is 0 Å². The van der Waals surface area contributed by atoms with Crippen LogP contribution in [0.2, 0.25) is 0 Å². The van der Waals surface area contributed by atoms with Crippen LogP contribution in [0.15, 0.2) is 42.9 Å². The molecule has 2 amide bonds. The smallest absolute Gasteiger partial charge is 0.237 e. The molecule has 27 heavy (non-hydrogen) atoms. The highest BCUT2D eigenvalue weighted by atomic mass is 16.2. The predicted molar refractivity (Wildman–Crippen MR) is 102 cm³/mol. The SMILES string of the molecule is NC(=O)Cn1ccnc1[C@H]1CCCN(C(=O)Cc2c[nH]c3ccccc23)C1. The number of benzene rings is 1. The number of carbonyl (C=O) groups is 2. The first kappa shape index (κ1) is 17.3. The van der Waals surface area contributed by atoms with E-state index in [0.717, 1.165) is 41.7 Å². The number of para-hydroxylation sites is 1. The summed E-state index contributed by atoms with van der Waals surface area (Å²) in [6.45, 7) is 1.50. The molecule has 2 aromatic heterocycles. The van der Waals surface area contributed by atoms with Crippen molar-refractivity contribution in [2.45, 2.75) is 31.7 Å². The number of hydrogen-bond donors (Lipinski definition) is 2. The van der Waals surface area contributed by atoms with Gasteiger partial charge < -0.3 is 20.2 Å². The molecule has 7 nitrogen and oxygen atoms in total. The molecule has 140 valence electrons. The van der Waals surface area contributed by atoms with Crippen LogP contribution in [0.5, 0.6) is 0 Å². The van der Waals surface area contributed by atoms with Crippen LogP contribution in [0.4, 0.5) is 0 Å². The summed E-state index contributed by atoms with van der Waals surface area (Å²) in [4.78, 5) is 33.7. The van der Waals surface area contributed by atoms with Gasteiger partial charge in [0.05, 0.1) is 6.42 Å². The zero-order valence-electron chi connectivity index (χ0n) is 15.1. The highest BCUT2D eigenvalue weighted by molar-refractivity contribution is 5.89. The fourth-order valence-corrected chi connectivity index (χ4v) is 3.95. The molecule has 0 spiro atoms. The first-order valence-electron chi connectivity index (χ1n) is 9.24. The first-order valence-corrected chi connectivity index (χ1v) is 9.24. The summed E-state index contributed by atoms with van der Waals surface area (Å²) in [7, 11) is 0. The van der Waals surface area contributed by atoms with Gasteiger partial charge >= 0.3 is 0 Å². The minimum Gasteiger partial charge on any atom is -0.368 e. The molecule has 0 bridgehead atoms. The van der Waals surface area contributed by atoms with E-state index in [1.807, 2.05) is 35.4 Å². The molecule has 1 atom stereocenters. The maximum Gasteiger partial charge on any atom is 0.237 e. The molecule has 1 aliphatic rings. The van der Waals surface area contributed by atoms with Crippen LogP contribution in [0, 0.1) is 0 Å². The van der Waals surface area contributed by atoms with Crippen molar-refractivity contribution < 1.29 is 9.59 Å². The minimum absolute atomic E-state index is 0.120. The van der Waals surface area contributed by atoms with E-state index in [1.54, 1.807) is 17.0 Å². The van der Waals surface area contributed by atoms with Crippen LogP contribution in [0.1, 0.15) is 30.1 Å². The van der Waals surface area contributed by atoms with Crippen molar-refractivity contribution >= 4 is 22.7 Å². The zero-order valence-corrected chi connectivity index (χ0v) is 15.1. The van der Waals surface area contributed by atoms with E-state index in [9.17, 15) is 9.59 Å². The molecule has 3 heterocycles. The van der Waals surface area contributed by atoms with Crippen molar-refractivity contribution in [2.75, 3.05) is 13.1 Å². The lowest BCUT2D eigenvalue weighted by Gasteiger charge is -2.32. The van der Waals surface area contributed by atoms with Crippen molar-refractivity contribution in [3.8, 4) is 0 Å². The fraction of sp³-hybridized carbons (Fsp3) is 0.350. The highest BCUT2D eigenvalue weighted by Gasteiger charge is 2.28. The summed E-state index contributed by atoms with van der Waals surface area (Å²) in [5.41, 5.74) is 7.39. The van der Waals surface area contributed by atoms with Gasteiger partial charge in [-0.25, -0.2) is 4.98 Å². The van der Waals surface area contributed by atoms with E-state index in [4.69, 9.17) is 5.73 Å². The topological polar surface area (TPSA) is 97.0 Å². The molecule has 1 fully saturated rings. The third-order valence-corrected chi connectivity index (χ3v) is 5.23. The number of imidazole rings is 1. The van der Waals surface area contributed by atoms with Gasteiger partial charge in [-0.2, -0.15) is 0 Å². The van der Waals surface area contributed by atoms with E-state index in [1.165, 1.54) is 0 Å². The molecular formula is C20H23N5O2. The number of amides is 2. The second-order valence-corrected chi connectivity index (χ2v) is 7.09. The summed E-state index contributed by atoms with van der Waals surface area (Å²) in [5, 5.41) is 1.09. The Bertz CT molecular complexity index is 974. The monoisotopic (exact) mass is 365 g/mol. The van der Waals surface area contributed by atoms with Crippen molar-refractivity contribution in [2.24, 2.45) is 5.73 Å². The molecule has 0 saturated carbocycles. The molecule has 3 N–H and O–H groups in total. The van der Waals surface area contributed by atoms with Gasteiger partial charge in [0.1, 0.15) is 12.4 Å². The molecule has 4 rings (SSSR count). The van der Waals surface area contributed by atoms with Crippen LogP contribution >= 0.6 is 0 Å². The lowest BCUT2D eigenvalue weighted by atomic mass is 9.96. The number of carbonyl (C=O) groups excluding carboxylic acids is 2. The van der Waals surface area contributed by atoms with E-state index in [-0.39, 0.29) is 18.4 Å². The maximum atomic E-state index is 12.9. The van der Waals surface area contributed by atoms with Crippen LogP contribution < -0.4 is 5.73 Å². The Morgan fingerprint density at radius 3 is 3.00 bits per heavy atom. The van der Waals surface area contributed by atoms with Gasteiger partial charge in [0.25, 0.3) is 0 Å². The van der Waals surface area contributed by atoms with Crippen LogP contribution in [0.3, 0.4) is 0 Å². The summed E-state index contributed by atoms with van der Waals surface area (Å²) < 4.78 is 1.79. The van der Waals surface area contributed by atoms with E-state index >= 15 is 0 Å². The van der Waals surface area contributed by atoms with Crippen LogP contribution in [0.25, 0.3) is 10.9 Å². The number of aromatic nitrogens is 3. The van der Waals surface area contributed by atoms with Gasteiger partial charge in [0, 0.05) is 48.5 Å². The average molecular weight is 365 g/mol. The molecule has 0 radical (unpaired) electrons. The number of nitrogens with two attached hydrogens (primary N) is 1. The normalized spacial score (nSPS) is 17.3. The van der Waals surface area contributed by atoms with Crippen molar-refractivity contribution in [1.29, 1.82) is 0 Å². The van der Waals surface area contributed by atoms with Gasteiger partial charge in [0.2, 0.25) is 11.8 Å². The van der Waals surface area contributed by atoms with E-state index in [2.05, 4.69) is 9.97 Å². The van der Waals surface area contributed by atoms with Gasteiger partial charge in [-0.1, -0.05) is 18.2 Å². The molecule has 1 aromatic carbocycles. The van der Waals surface area contributed by atoms with Crippen molar-refractivity contribution in [3.63, 3.8) is 0 Å². The molecule has 0 unspecified atom stereocenters. The molecular weight excluding hydrogens is 342 g/mol. The van der Waals surface area contributed by atoms with Crippen LogP contribution in [-0.4, -0.2) is 44.3 Å². The number of piperidine rings is 1. The molecule has 1 aliphatic heterocycles.